The summed E-state index contributed by atoms with van der Waals surface area (Å²) in [7, 11) is 0. The van der Waals surface area contributed by atoms with Crippen LogP contribution in [0, 0.1) is 5.41 Å². The number of alkyl halides is 5. The number of anilines is 1. The molecule has 3 nitrogen and oxygen atoms in total. The maximum Gasteiger partial charge on any atom is 0.417 e. The van der Waals surface area contributed by atoms with Gasteiger partial charge in [0.1, 0.15) is 0 Å². The first-order valence-corrected chi connectivity index (χ1v) is 9.54. The van der Waals surface area contributed by atoms with E-state index in [9.17, 15) is 31.9 Å². The van der Waals surface area contributed by atoms with Crippen LogP contribution in [0.4, 0.5) is 27.6 Å². The Kier molecular flexibility index (Phi) is 4.30. The minimum absolute atomic E-state index is 0.00752. The summed E-state index contributed by atoms with van der Waals surface area (Å²) in [6.07, 6.45) is -5.49. The molecule has 0 unspecified atom stereocenters. The molecular formula is C20H22F5NO2. The Labute approximate surface area is 159 Å². The van der Waals surface area contributed by atoms with Crippen LogP contribution in [0.1, 0.15) is 56.4 Å². The number of nitrogens with zero attached hydrogens (tertiary/aromatic N) is 1. The monoisotopic (exact) mass is 403 g/mol. The second-order valence-corrected chi connectivity index (χ2v) is 8.57. The molecule has 0 bridgehead atoms. The number of amides is 1. The zero-order valence-corrected chi connectivity index (χ0v) is 15.2. The molecule has 3 fully saturated rings. The van der Waals surface area contributed by atoms with Crippen molar-refractivity contribution < 1.29 is 31.9 Å². The highest BCUT2D eigenvalue weighted by molar-refractivity contribution is 6.00. The van der Waals surface area contributed by atoms with Gasteiger partial charge in [-0.25, -0.2) is 8.78 Å². The molecule has 0 atom stereocenters. The highest BCUT2D eigenvalue weighted by Crippen LogP contribution is 2.53. The van der Waals surface area contributed by atoms with Gasteiger partial charge in [-0.2, -0.15) is 13.2 Å². The number of hydrogen-bond acceptors (Lipinski definition) is 2. The highest BCUT2D eigenvalue weighted by Gasteiger charge is 2.60. The lowest BCUT2D eigenvalue weighted by Crippen LogP contribution is -2.51. The summed E-state index contributed by atoms with van der Waals surface area (Å²) in [5.74, 6) is -2.98. The number of rotatable bonds is 2. The second-order valence-electron chi connectivity index (χ2n) is 8.57. The van der Waals surface area contributed by atoms with Crippen LogP contribution in [-0.2, 0) is 4.79 Å². The van der Waals surface area contributed by atoms with E-state index in [1.165, 1.54) is 0 Å². The molecule has 1 aromatic carbocycles. The summed E-state index contributed by atoms with van der Waals surface area (Å²) in [4.78, 5) is 14.5. The van der Waals surface area contributed by atoms with Crippen LogP contribution in [0.5, 0.6) is 0 Å². The average Bonchev–Trinajstić information content (AvgIpc) is 2.92. The maximum absolute atomic E-state index is 13.0. The molecule has 1 spiro atoms. The number of aliphatic hydroxyl groups is 1. The van der Waals surface area contributed by atoms with Gasteiger partial charge in [-0.3, -0.25) is 4.79 Å². The Morgan fingerprint density at radius 3 is 2.04 bits per heavy atom. The average molecular weight is 403 g/mol. The van der Waals surface area contributed by atoms with E-state index in [0.717, 1.165) is 5.56 Å². The summed E-state index contributed by atoms with van der Waals surface area (Å²) in [5, 5.41) is 9.87. The first-order valence-electron chi connectivity index (χ1n) is 9.54. The standard InChI is InChI=1S/C20H22F5NO2/c21-19(22)11-14(12-19)13-1-3-15(4-2-13)26-10-9-17(16(26)27)5-7-18(28,8-6-17)20(23,24)25/h1-4,14,28H,5-12H2/t17-,18+. The Morgan fingerprint density at radius 1 is 0.964 bits per heavy atom. The van der Waals surface area contributed by atoms with Gasteiger partial charge >= 0.3 is 6.18 Å². The molecule has 1 saturated heterocycles. The van der Waals surface area contributed by atoms with E-state index in [0.29, 0.717) is 18.7 Å². The normalized spacial score (nSPS) is 26.5. The van der Waals surface area contributed by atoms with Crippen molar-refractivity contribution >= 4 is 11.6 Å². The molecule has 0 aromatic heterocycles. The lowest BCUT2D eigenvalue weighted by atomic mass is 9.67. The Balaban J connectivity index is 1.44. The summed E-state index contributed by atoms with van der Waals surface area (Å²) in [5.41, 5.74) is -2.12. The van der Waals surface area contributed by atoms with Crippen LogP contribution in [0.15, 0.2) is 24.3 Å². The van der Waals surface area contributed by atoms with Gasteiger partial charge in [0.25, 0.3) is 0 Å². The van der Waals surface area contributed by atoms with E-state index in [4.69, 9.17) is 0 Å². The molecule has 1 heterocycles. The lowest BCUT2D eigenvalue weighted by Gasteiger charge is -2.41. The third-order valence-corrected chi connectivity index (χ3v) is 6.84. The van der Waals surface area contributed by atoms with Gasteiger partial charge in [-0.15, -0.1) is 0 Å². The molecule has 3 aliphatic rings. The maximum atomic E-state index is 13.0. The van der Waals surface area contributed by atoms with Gasteiger partial charge in [0, 0.05) is 25.1 Å². The number of benzene rings is 1. The van der Waals surface area contributed by atoms with E-state index in [1.54, 1.807) is 29.2 Å². The number of carbonyl (C=O) groups is 1. The van der Waals surface area contributed by atoms with Crippen molar-refractivity contribution in [2.45, 2.75) is 68.6 Å². The molecule has 1 aromatic rings. The van der Waals surface area contributed by atoms with Crippen molar-refractivity contribution in [3.8, 4) is 0 Å². The first kappa shape index (κ1) is 19.6. The minimum atomic E-state index is -4.69. The smallest absolute Gasteiger partial charge is 0.380 e. The largest absolute Gasteiger partial charge is 0.417 e. The number of halogens is 5. The molecule has 2 saturated carbocycles. The molecule has 1 N–H and O–H groups in total. The Morgan fingerprint density at radius 2 is 1.54 bits per heavy atom. The molecule has 28 heavy (non-hydrogen) atoms. The van der Waals surface area contributed by atoms with Crippen molar-refractivity contribution in [3.63, 3.8) is 0 Å². The fraction of sp³-hybridized carbons (Fsp3) is 0.650. The second kappa shape index (κ2) is 6.15. The first-order chi connectivity index (χ1) is 12.9. The summed E-state index contributed by atoms with van der Waals surface area (Å²) < 4.78 is 65.2. The van der Waals surface area contributed by atoms with E-state index >= 15 is 0 Å². The van der Waals surface area contributed by atoms with Crippen molar-refractivity contribution in [2.75, 3.05) is 11.4 Å². The fourth-order valence-electron chi connectivity index (χ4n) is 4.78. The van der Waals surface area contributed by atoms with Crippen molar-refractivity contribution in [2.24, 2.45) is 5.41 Å². The van der Waals surface area contributed by atoms with Gasteiger partial charge in [0.2, 0.25) is 11.8 Å². The van der Waals surface area contributed by atoms with Gasteiger partial charge in [-0.1, -0.05) is 12.1 Å². The topological polar surface area (TPSA) is 40.5 Å². The van der Waals surface area contributed by atoms with Gasteiger partial charge in [-0.05, 0) is 55.7 Å². The Bertz CT molecular complexity index is 758. The molecule has 0 radical (unpaired) electrons. The van der Waals surface area contributed by atoms with Crippen LogP contribution in [0.2, 0.25) is 0 Å². The van der Waals surface area contributed by atoms with E-state index in [1.807, 2.05) is 0 Å². The SMILES string of the molecule is O=C1N(c2ccc(C3CC(F)(F)C3)cc2)CC[C@]12CC[C@@](O)(C(F)(F)F)CC2. The summed E-state index contributed by atoms with van der Waals surface area (Å²) in [6.45, 7) is 0.407. The summed E-state index contributed by atoms with van der Waals surface area (Å²) >= 11 is 0. The van der Waals surface area contributed by atoms with E-state index < -0.39 is 36.0 Å². The molecule has 8 heteroatoms. The third kappa shape index (κ3) is 3.09. The third-order valence-electron chi connectivity index (χ3n) is 6.84. The quantitative estimate of drug-likeness (QED) is 0.722. The zero-order valence-electron chi connectivity index (χ0n) is 15.2. The van der Waals surface area contributed by atoms with Gasteiger partial charge < -0.3 is 10.0 Å². The highest BCUT2D eigenvalue weighted by atomic mass is 19.4. The molecule has 154 valence electrons. The molecular weight excluding hydrogens is 381 g/mol. The Hall–Kier alpha value is -1.70. The predicted molar refractivity (Wildman–Crippen MR) is 92.2 cm³/mol. The van der Waals surface area contributed by atoms with Crippen molar-refractivity contribution in [1.82, 2.24) is 0 Å². The van der Waals surface area contributed by atoms with Crippen LogP contribution >= 0.6 is 0 Å². The van der Waals surface area contributed by atoms with E-state index in [-0.39, 0.29) is 37.5 Å². The van der Waals surface area contributed by atoms with Crippen molar-refractivity contribution in [1.29, 1.82) is 0 Å². The minimum Gasteiger partial charge on any atom is -0.380 e. The molecule has 1 amide bonds. The van der Waals surface area contributed by atoms with Gasteiger partial charge in [0.05, 0.1) is 5.41 Å². The van der Waals surface area contributed by atoms with Gasteiger partial charge in [0.15, 0.2) is 5.60 Å². The predicted octanol–water partition coefficient (Wildman–Crippen LogP) is 4.79. The summed E-state index contributed by atoms with van der Waals surface area (Å²) in [6, 6.07) is 6.93. The lowest BCUT2D eigenvalue weighted by molar-refractivity contribution is -0.274. The van der Waals surface area contributed by atoms with Crippen LogP contribution in [-0.4, -0.2) is 35.3 Å². The number of carbonyl (C=O) groups excluding carboxylic acids is 1. The van der Waals surface area contributed by atoms with Crippen LogP contribution in [0.3, 0.4) is 0 Å². The van der Waals surface area contributed by atoms with Crippen LogP contribution < -0.4 is 4.90 Å². The number of hydrogen-bond donors (Lipinski definition) is 1. The molecule has 1 aliphatic heterocycles. The molecule has 2 aliphatic carbocycles. The molecule has 4 rings (SSSR count). The van der Waals surface area contributed by atoms with Crippen LogP contribution in [0.25, 0.3) is 0 Å². The zero-order chi connectivity index (χ0) is 20.4. The fourth-order valence-corrected chi connectivity index (χ4v) is 4.78. The van der Waals surface area contributed by atoms with Crippen molar-refractivity contribution in [3.05, 3.63) is 29.8 Å². The van der Waals surface area contributed by atoms with E-state index in [2.05, 4.69) is 0 Å².